The second kappa shape index (κ2) is 12.5. The topological polar surface area (TPSA) is 0 Å². The lowest BCUT2D eigenvalue weighted by molar-refractivity contribution is 0.833. The van der Waals surface area contributed by atoms with Gasteiger partial charge >= 0.3 is 0 Å². The quantitative estimate of drug-likeness (QED) is 0.299. The van der Waals surface area contributed by atoms with Crippen molar-refractivity contribution in [3.8, 4) is 0 Å². The van der Waals surface area contributed by atoms with E-state index in [-0.39, 0.29) is 0 Å². The number of rotatable bonds is 10. The minimum atomic E-state index is 0.559. The molecule has 2 aliphatic heterocycles. The summed E-state index contributed by atoms with van der Waals surface area (Å²) in [7, 11) is 0. The van der Waals surface area contributed by atoms with Gasteiger partial charge in [0.15, 0.2) is 0 Å². The molecule has 28 heavy (non-hydrogen) atoms. The molecular formula is C20H26S8. The molecule has 2 aliphatic rings. The molecule has 0 spiro atoms. The highest BCUT2D eigenvalue weighted by Gasteiger charge is 2.31. The number of hydrogen-bond acceptors (Lipinski definition) is 8. The molecule has 154 valence electrons. The van der Waals surface area contributed by atoms with Crippen LogP contribution in [0.1, 0.15) is 23.0 Å². The Bertz CT molecular complexity index is 646. The standard InChI is InChI=1S/C20H26S8/c1-23-11-17(19-25-9-15(7-21)27-19)13-4-3-5-14(6-13)18(12-24-2)20-26-10-16(8-22)28-20/h3-6,9-10,17-22H,7-8,11-12H2,1-2H3. The minimum absolute atomic E-state index is 0.559. The van der Waals surface area contributed by atoms with Crippen molar-refractivity contribution in [1.82, 2.24) is 0 Å². The van der Waals surface area contributed by atoms with Crippen LogP contribution in [0.2, 0.25) is 0 Å². The van der Waals surface area contributed by atoms with E-state index in [1.54, 1.807) is 0 Å². The number of thiol groups is 2. The van der Waals surface area contributed by atoms with E-state index >= 15 is 0 Å². The normalized spacial score (nSPS) is 24.1. The van der Waals surface area contributed by atoms with Crippen LogP contribution < -0.4 is 0 Å². The first kappa shape index (κ1) is 24.1. The molecular weight excluding hydrogens is 497 g/mol. The van der Waals surface area contributed by atoms with E-state index in [1.807, 2.05) is 70.6 Å². The zero-order chi connectivity index (χ0) is 19.9. The van der Waals surface area contributed by atoms with Crippen LogP contribution in [-0.4, -0.2) is 44.7 Å². The molecule has 0 nitrogen and oxygen atoms in total. The Balaban J connectivity index is 1.80. The average Bonchev–Trinajstić information content (AvgIpc) is 3.39. The van der Waals surface area contributed by atoms with Crippen molar-refractivity contribution in [1.29, 1.82) is 0 Å². The van der Waals surface area contributed by atoms with Gasteiger partial charge in [0, 0.05) is 44.7 Å². The summed E-state index contributed by atoms with van der Waals surface area (Å²) in [6.07, 6.45) is 4.45. The fourth-order valence-electron chi connectivity index (χ4n) is 3.24. The van der Waals surface area contributed by atoms with Gasteiger partial charge in [-0.05, 0) is 34.5 Å². The lowest BCUT2D eigenvalue weighted by Crippen LogP contribution is -2.16. The van der Waals surface area contributed by atoms with Gasteiger partial charge in [0.2, 0.25) is 0 Å². The maximum Gasteiger partial charge on any atom is 0.0664 e. The van der Waals surface area contributed by atoms with Gasteiger partial charge in [-0.25, -0.2) is 0 Å². The van der Waals surface area contributed by atoms with E-state index < -0.39 is 0 Å². The summed E-state index contributed by atoms with van der Waals surface area (Å²) < 4.78 is 1.13. The maximum absolute atomic E-state index is 4.47. The van der Waals surface area contributed by atoms with Crippen LogP contribution in [0.3, 0.4) is 0 Å². The molecule has 2 heterocycles. The summed E-state index contributed by atoms with van der Waals surface area (Å²) in [6, 6.07) is 9.46. The van der Waals surface area contributed by atoms with E-state index in [0.717, 1.165) is 23.0 Å². The molecule has 0 amide bonds. The third-order valence-electron chi connectivity index (χ3n) is 4.63. The second-order valence-electron chi connectivity index (χ2n) is 6.52. The fraction of sp³-hybridized carbons (Fsp3) is 0.500. The maximum atomic E-state index is 4.47. The first-order chi connectivity index (χ1) is 13.7. The highest BCUT2D eigenvalue weighted by atomic mass is 32.2. The van der Waals surface area contributed by atoms with Gasteiger partial charge in [0.05, 0.1) is 9.16 Å². The Morgan fingerprint density at radius 3 is 1.68 bits per heavy atom. The smallest absolute Gasteiger partial charge is 0.0664 e. The van der Waals surface area contributed by atoms with Crippen LogP contribution >= 0.6 is 95.8 Å². The van der Waals surface area contributed by atoms with E-state index in [4.69, 9.17) is 0 Å². The van der Waals surface area contributed by atoms with Crippen LogP contribution in [-0.2, 0) is 0 Å². The molecule has 1 aromatic rings. The summed E-state index contributed by atoms with van der Waals surface area (Å²) in [6.45, 7) is 0. The van der Waals surface area contributed by atoms with Crippen molar-refractivity contribution in [2.24, 2.45) is 0 Å². The SMILES string of the molecule is CSCC(c1cccc(C(CSC)C2SC=C(CS)S2)c1)C1SC=C(CS)S1. The molecule has 0 aromatic heterocycles. The van der Waals surface area contributed by atoms with Gasteiger partial charge < -0.3 is 0 Å². The number of hydrogen-bond donors (Lipinski definition) is 2. The summed E-state index contributed by atoms with van der Waals surface area (Å²) in [5, 5.41) is 4.62. The van der Waals surface area contributed by atoms with Gasteiger partial charge in [-0.15, -0.1) is 47.0 Å². The molecule has 4 unspecified atom stereocenters. The molecule has 0 bridgehead atoms. The molecule has 0 saturated carbocycles. The van der Waals surface area contributed by atoms with Crippen molar-refractivity contribution >= 4 is 95.8 Å². The predicted molar refractivity (Wildman–Crippen MR) is 150 cm³/mol. The predicted octanol–water partition coefficient (Wildman–Crippen LogP) is 7.73. The van der Waals surface area contributed by atoms with E-state index in [9.17, 15) is 0 Å². The zero-order valence-electron chi connectivity index (χ0n) is 15.9. The van der Waals surface area contributed by atoms with Gasteiger partial charge in [-0.1, -0.05) is 24.3 Å². The van der Waals surface area contributed by atoms with Gasteiger partial charge in [0.1, 0.15) is 0 Å². The van der Waals surface area contributed by atoms with Crippen LogP contribution in [0.15, 0.2) is 44.9 Å². The van der Waals surface area contributed by atoms with Gasteiger partial charge in [0.25, 0.3) is 0 Å². The molecule has 0 aliphatic carbocycles. The average molecular weight is 523 g/mol. The number of thioether (sulfide) groups is 6. The third-order valence-corrected chi connectivity index (χ3v) is 13.0. The van der Waals surface area contributed by atoms with Crippen LogP contribution in [0.4, 0.5) is 0 Å². The first-order valence-corrected chi connectivity index (χ1v) is 16.7. The van der Waals surface area contributed by atoms with Gasteiger partial charge in [-0.3, -0.25) is 0 Å². The summed E-state index contributed by atoms with van der Waals surface area (Å²) in [5.41, 5.74) is 2.99. The molecule has 0 radical (unpaired) electrons. The Hall–Kier alpha value is 1.50. The molecule has 1 aromatic carbocycles. The highest BCUT2D eigenvalue weighted by molar-refractivity contribution is 8.23. The Kier molecular flexibility index (Phi) is 10.8. The van der Waals surface area contributed by atoms with Crippen molar-refractivity contribution in [2.75, 3.05) is 35.5 Å². The fourth-order valence-corrected chi connectivity index (χ4v) is 11.6. The summed E-state index contributed by atoms with van der Waals surface area (Å²) >= 11 is 20.8. The van der Waals surface area contributed by atoms with Crippen LogP contribution in [0, 0.1) is 0 Å². The van der Waals surface area contributed by atoms with Crippen LogP contribution in [0.5, 0.6) is 0 Å². The van der Waals surface area contributed by atoms with E-state index in [0.29, 0.717) is 21.0 Å². The van der Waals surface area contributed by atoms with Crippen LogP contribution in [0.25, 0.3) is 0 Å². The van der Waals surface area contributed by atoms with Gasteiger partial charge in [-0.2, -0.15) is 48.8 Å². The second-order valence-corrected chi connectivity index (χ2v) is 14.1. The lowest BCUT2D eigenvalue weighted by Gasteiger charge is -2.26. The minimum Gasteiger partial charge on any atom is -0.174 e. The molecule has 4 atom stereocenters. The van der Waals surface area contributed by atoms with Crippen molar-refractivity contribution < 1.29 is 0 Å². The van der Waals surface area contributed by atoms with Crippen molar-refractivity contribution in [3.05, 3.63) is 56.0 Å². The summed E-state index contributed by atoms with van der Waals surface area (Å²) in [5.74, 6) is 5.15. The lowest BCUT2D eigenvalue weighted by atomic mass is 9.95. The molecule has 8 heteroatoms. The van der Waals surface area contributed by atoms with E-state index in [2.05, 4.69) is 72.9 Å². The molecule has 0 saturated heterocycles. The first-order valence-electron chi connectivity index (χ1n) is 9.02. The Labute approximate surface area is 206 Å². The molecule has 0 fully saturated rings. The van der Waals surface area contributed by atoms with E-state index in [1.165, 1.54) is 20.9 Å². The highest BCUT2D eigenvalue weighted by Crippen LogP contribution is 2.50. The molecule has 0 N–H and O–H groups in total. The zero-order valence-corrected chi connectivity index (χ0v) is 22.6. The number of benzene rings is 1. The monoisotopic (exact) mass is 522 g/mol. The third kappa shape index (κ3) is 6.27. The Morgan fingerprint density at radius 2 is 1.32 bits per heavy atom. The molecule has 3 rings (SSSR count). The summed E-state index contributed by atoms with van der Waals surface area (Å²) in [4.78, 5) is 2.81. The Morgan fingerprint density at radius 1 is 0.857 bits per heavy atom. The van der Waals surface area contributed by atoms with Crippen molar-refractivity contribution in [3.63, 3.8) is 0 Å². The van der Waals surface area contributed by atoms with Crippen molar-refractivity contribution in [2.45, 2.75) is 21.0 Å². The largest absolute Gasteiger partial charge is 0.174 e.